The Morgan fingerprint density at radius 3 is 2.20 bits per heavy atom. The smallest absolute Gasteiger partial charge is 0.407 e. The van der Waals surface area contributed by atoms with E-state index in [1.807, 2.05) is 68.6 Å². The molecule has 0 fully saturated rings. The molecule has 1 aliphatic rings. The summed E-state index contributed by atoms with van der Waals surface area (Å²) in [7, 11) is 1.29. The lowest BCUT2D eigenvalue weighted by molar-refractivity contribution is -0.145. The Bertz CT molecular complexity index is 1520. The van der Waals surface area contributed by atoms with Crippen molar-refractivity contribution in [3.05, 3.63) is 95.7 Å². The van der Waals surface area contributed by atoms with Crippen molar-refractivity contribution in [1.82, 2.24) is 15.6 Å². The minimum Gasteiger partial charge on any atom is -0.467 e. The van der Waals surface area contributed by atoms with Crippen LogP contribution in [-0.4, -0.2) is 48.8 Å². The number of hydrogen-bond donors (Lipinski definition) is 3. The number of amides is 2. The number of aromatic nitrogens is 1. The van der Waals surface area contributed by atoms with Gasteiger partial charge in [0.2, 0.25) is 5.91 Å². The van der Waals surface area contributed by atoms with Gasteiger partial charge in [0.05, 0.1) is 7.11 Å². The van der Waals surface area contributed by atoms with E-state index in [4.69, 9.17) is 9.47 Å². The lowest BCUT2D eigenvalue weighted by atomic mass is 9.97. The predicted molar refractivity (Wildman–Crippen MR) is 157 cm³/mol. The molecule has 3 N–H and O–H groups in total. The Kier molecular flexibility index (Phi) is 8.38. The van der Waals surface area contributed by atoms with E-state index in [2.05, 4.69) is 39.9 Å². The SMILES string of the molecule is CCC(C)[C@H](NC(=O)OCC1c2ccccc2-c2ccccc21)C(=O)N[C@@H](Cc1c[nH]c2ccccc12)C(=O)OC. The molecule has 0 bridgehead atoms. The van der Waals surface area contributed by atoms with Crippen LogP contribution in [0, 0.1) is 5.92 Å². The standard InChI is InChI=1S/C33H35N3O5/c1-4-20(2)30(31(37)35-29(32(38)40-3)17-21-18-34-28-16-10-9-11-22(21)28)36-33(39)41-19-27-25-14-7-5-12-23(25)24-13-6-8-15-26(24)27/h5-16,18,20,27,29-30,34H,4,17,19H2,1-3H3,(H,35,37)(H,36,39)/t20?,29-,30-/m0/s1. The van der Waals surface area contributed by atoms with Crippen LogP contribution in [0.5, 0.6) is 0 Å². The van der Waals surface area contributed by atoms with E-state index in [0.29, 0.717) is 6.42 Å². The first-order valence-corrected chi connectivity index (χ1v) is 14.0. The van der Waals surface area contributed by atoms with Crippen LogP contribution in [0.4, 0.5) is 4.79 Å². The molecule has 1 aliphatic carbocycles. The van der Waals surface area contributed by atoms with Crippen molar-refractivity contribution in [3.63, 3.8) is 0 Å². The maximum absolute atomic E-state index is 13.5. The van der Waals surface area contributed by atoms with Gasteiger partial charge in [-0.25, -0.2) is 9.59 Å². The molecular weight excluding hydrogens is 518 g/mol. The molecule has 3 atom stereocenters. The molecule has 4 aromatic rings. The van der Waals surface area contributed by atoms with Gasteiger partial charge in [-0.1, -0.05) is 87.0 Å². The topological polar surface area (TPSA) is 110 Å². The van der Waals surface area contributed by atoms with Crippen molar-refractivity contribution in [2.75, 3.05) is 13.7 Å². The minimum absolute atomic E-state index is 0.0936. The number of rotatable bonds is 10. The zero-order valence-electron chi connectivity index (χ0n) is 23.5. The van der Waals surface area contributed by atoms with Crippen LogP contribution >= 0.6 is 0 Å². The molecule has 5 rings (SSSR count). The summed E-state index contributed by atoms with van der Waals surface area (Å²) in [4.78, 5) is 42.4. The maximum atomic E-state index is 13.5. The normalized spacial score (nSPS) is 14.4. The molecule has 2 amide bonds. The molecule has 0 saturated heterocycles. The van der Waals surface area contributed by atoms with Crippen LogP contribution in [0.15, 0.2) is 79.0 Å². The molecule has 8 heteroatoms. The number of para-hydroxylation sites is 1. The van der Waals surface area contributed by atoms with E-state index in [0.717, 1.165) is 38.7 Å². The zero-order chi connectivity index (χ0) is 28.9. The summed E-state index contributed by atoms with van der Waals surface area (Å²) in [6.07, 6.45) is 2.01. The summed E-state index contributed by atoms with van der Waals surface area (Å²) in [5.41, 5.74) is 6.30. The fraction of sp³-hybridized carbons (Fsp3) is 0.303. The Morgan fingerprint density at radius 2 is 1.54 bits per heavy atom. The van der Waals surface area contributed by atoms with E-state index >= 15 is 0 Å². The summed E-state index contributed by atoms with van der Waals surface area (Å²) in [5, 5.41) is 6.54. The first-order chi connectivity index (χ1) is 19.9. The molecule has 0 radical (unpaired) electrons. The van der Waals surface area contributed by atoms with E-state index in [1.165, 1.54) is 7.11 Å². The van der Waals surface area contributed by atoms with Crippen LogP contribution in [0.3, 0.4) is 0 Å². The summed E-state index contributed by atoms with van der Waals surface area (Å²) in [6, 6.07) is 22.1. The van der Waals surface area contributed by atoms with Crippen LogP contribution in [0.1, 0.15) is 42.9 Å². The van der Waals surface area contributed by atoms with Gasteiger partial charge in [-0.2, -0.15) is 0 Å². The van der Waals surface area contributed by atoms with Crippen molar-refractivity contribution in [3.8, 4) is 11.1 Å². The fourth-order valence-corrected chi connectivity index (χ4v) is 5.59. The van der Waals surface area contributed by atoms with Crippen LogP contribution in [0.25, 0.3) is 22.0 Å². The summed E-state index contributed by atoms with van der Waals surface area (Å²) < 4.78 is 10.7. The third kappa shape index (κ3) is 5.82. The van der Waals surface area contributed by atoms with Gasteiger partial charge < -0.3 is 25.1 Å². The van der Waals surface area contributed by atoms with Gasteiger partial charge in [0.1, 0.15) is 18.7 Å². The third-order valence-electron chi connectivity index (χ3n) is 8.01. The molecule has 212 valence electrons. The number of aromatic amines is 1. The number of esters is 1. The number of carbonyl (C=O) groups excluding carboxylic acids is 3. The first-order valence-electron chi connectivity index (χ1n) is 14.0. The molecule has 1 unspecified atom stereocenters. The lowest BCUT2D eigenvalue weighted by Crippen LogP contribution is -2.54. The number of alkyl carbamates (subject to hydrolysis) is 1. The van der Waals surface area contributed by atoms with Crippen molar-refractivity contribution >= 4 is 28.9 Å². The Morgan fingerprint density at radius 1 is 0.902 bits per heavy atom. The Labute approximate surface area is 239 Å². The minimum atomic E-state index is -0.928. The monoisotopic (exact) mass is 553 g/mol. The number of methoxy groups -OCH3 is 1. The first kappa shape index (κ1) is 28.0. The molecular formula is C33H35N3O5. The largest absolute Gasteiger partial charge is 0.467 e. The third-order valence-corrected chi connectivity index (χ3v) is 8.01. The van der Waals surface area contributed by atoms with Gasteiger partial charge in [-0.05, 0) is 39.8 Å². The molecule has 8 nitrogen and oxygen atoms in total. The molecule has 41 heavy (non-hydrogen) atoms. The molecule has 0 saturated carbocycles. The number of nitrogens with one attached hydrogen (secondary N) is 3. The van der Waals surface area contributed by atoms with Gasteiger partial charge in [0.15, 0.2) is 0 Å². The number of ether oxygens (including phenoxy) is 2. The average Bonchev–Trinajstić information content (AvgIpc) is 3.56. The van der Waals surface area contributed by atoms with E-state index in [9.17, 15) is 14.4 Å². The summed E-state index contributed by atoms with van der Waals surface area (Å²) in [6.45, 7) is 3.95. The van der Waals surface area contributed by atoms with Gasteiger partial charge in [0.25, 0.3) is 0 Å². The highest BCUT2D eigenvalue weighted by atomic mass is 16.5. The number of carbonyl (C=O) groups is 3. The van der Waals surface area contributed by atoms with E-state index in [-0.39, 0.29) is 24.9 Å². The highest BCUT2D eigenvalue weighted by Gasteiger charge is 2.33. The van der Waals surface area contributed by atoms with Crippen LogP contribution in [0.2, 0.25) is 0 Å². The van der Waals surface area contributed by atoms with Crippen molar-refractivity contribution in [2.24, 2.45) is 5.92 Å². The van der Waals surface area contributed by atoms with Crippen molar-refractivity contribution in [2.45, 2.75) is 44.7 Å². The highest BCUT2D eigenvalue weighted by Crippen LogP contribution is 2.44. The zero-order valence-corrected chi connectivity index (χ0v) is 23.5. The van der Waals surface area contributed by atoms with Gasteiger partial charge in [0, 0.05) is 29.4 Å². The second-order valence-corrected chi connectivity index (χ2v) is 10.5. The van der Waals surface area contributed by atoms with Crippen LogP contribution in [-0.2, 0) is 25.5 Å². The van der Waals surface area contributed by atoms with Gasteiger partial charge in [-0.3, -0.25) is 4.79 Å². The van der Waals surface area contributed by atoms with Gasteiger partial charge in [-0.15, -0.1) is 0 Å². The van der Waals surface area contributed by atoms with Crippen molar-refractivity contribution < 1.29 is 23.9 Å². The predicted octanol–water partition coefficient (Wildman–Crippen LogP) is 5.32. The number of hydrogen-bond acceptors (Lipinski definition) is 5. The van der Waals surface area contributed by atoms with Gasteiger partial charge >= 0.3 is 12.1 Å². The van der Waals surface area contributed by atoms with Crippen molar-refractivity contribution in [1.29, 1.82) is 0 Å². The number of fused-ring (bicyclic) bond motifs is 4. The van der Waals surface area contributed by atoms with Crippen LogP contribution < -0.4 is 10.6 Å². The molecule has 1 aromatic heterocycles. The summed E-state index contributed by atoms with van der Waals surface area (Å²) in [5.74, 6) is -1.33. The number of benzene rings is 3. The molecule has 0 spiro atoms. The summed E-state index contributed by atoms with van der Waals surface area (Å²) >= 11 is 0. The maximum Gasteiger partial charge on any atom is 0.407 e. The highest BCUT2D eigenvalue weighted by molar-refractivity contribution is 5.91. The second kappa shape index (κ2) is 12.3. The average molecular weight is 554 g/mol. The molecule has 3 aromatic carbocycles. The Balaban J connectivity index is 1.27. The fourth-order valence-electron chi connectivity index (χ4n) is 5.59. The van der Waals surface area contributed by atoms with E-state index in [1.54, 1.807) is 0 Å². The Hall–Kier alpha value is -4.59. The molecule has 1 heterocycles. The second-order valence-electron chi connectivity index (χ2n) is 10.5. The van der Waals surface area contributed by atoms with E-state index < -0.39 is 30.1 Å². The molecule has 0 aliphatic heterocycles. The number of H-pyrrole nitrogens is 1. The quantitative estimate of drug-likeness (QED) is 0.230. The lowest BCUT2D eigenvalue weighted by Gasteiger charge is -2.26.